The molecule has 1 aromatic heterocycles. The number of aromatic nitrogens is 1. The van der Waals surface area contributed by atoms with Crippen LogP contribution < -0.4 is 10.6 Å². The molecule has 2 rings (SSSR count). The predicted octanol–water partition coefficient (Wildman–Crippen LogP) is 2.61. The van der Waals surface area contributed by atoms with Gasteiger partial charge in [-0.05, 0) is 31.3 Å². The summed E-state index contributed by atoms with van der Waals surface area (Å²) in [5.74, 6) is 1.13. The number of rotatable bonds is 8. The number of carbonyl (C=O) groups is 2. The number of amides is 2. The lowest BCUT2D eigenvalue weighted by atomic mass is 10.2. The number of anilines is 1. The minimum absolute atomic E-state index is 0.103. The van der Waals surface area contributed by atoms with Crippen LogP contribution in [0.5, 0.6) is 0 Å². The average molecular weight is 327 g/mol. The van der Waals surface area contributed by atoms with Crippen molar-refractivity contribution >= 4 is 40.0 Å². The van der Waals surface area contributed by atoms with Crippen LogP contribution in [-0.2, 0) is 9.59 Å². The summed E-state index contributed by atoms with van der Waals surface area (Å²) in [6, 6.07) is -0.488. The average Bonchev–Trinajstić information content (AvgIpc) is 3.23. The number of thioether (sulfide) groups is 1. The van der Waals surface area contributed by atoms with Gasteiger partial charge in [-0.1, -0.05) is 6.92 Å². The highest BCUT2D eigenvalue weighted by molar-refractivity contribution is 7.98. The van der Waals surface area contributed by atoms with Crippen molar-refractivity contribution < 1.29 is 9.59 Å². The lowest BCUT2D eigenvalue weighted by Gasteiger charge is -2.16. The molecule has 1 aromatic rings. The third-order valence-electron chi connectivity index (χ3n) is 3.33. The first-order chi connectivity index (χ1) is 10.1. The van der Waals surface area contributed by atoms with Crippen LogP contribution >= 0.6 is 23.1 Å². The van der Waals surface area contributed by atoms with Gasteiger partial charge in [-0.15, -0.1) is 11.3 Å². The van der Waals surface area contributed by atoms with Gasteiger partial charge in [0.25, 0.3) is 0 Å². The van der Waals surface area contributed by atoms with Gasteiger partial charge in [0.15, 0.2) is 5.13 Å². The van der Waals surface area contributed by atoms with Crippen LogP contribution in [0.1, 0.15) is 44.2 Å². The maximum atomic E-state index is 12.3. The highest BCUT2D eigenvalue weighted by atomic mass is 32.2. The molecular formula is C14H21N3O2S2. The number of carbonyl (C=O) groups excluding carboxylic acids is 2. The van der Waals surface area contributed by atoms with E-state index in [9.17, 15) is 9.59 Å². The second-order valence-electron chi connectivity index (χ2n) is 5.10. The van der Waals surface area contributed by atoms with Crippen LogP contribution in [0.4, 0.5) is 5.13 Å². The van der Waals surface area contributed by atoms with Gasteiger partial charge in [0.1, 0.15) is 6.04 Å². The second kappa shape index (κ2) is 7.79. The van der Waals surface area contributed by atoms with Crippen LogP contribution in [0.15, 0.2) is 5.38 Å². The van der Waals surface area contributed by atoms with Crippen molar-refractivity contribution in [1.29, 1.82) is 0 Å². The standard InChI is InChI=1S/C14H21N3O2S2/c1-3-12(18)15-10(6-7-20-2)13(19)17-14-16-11(8-21-14)9-4-5-9/h8-10H,3-7H2,1-2H3,(H,15,18)(H,16,17,19)/t10-/m1/s1. The smallest absolute Gasteiger partial charge is 0.248 e. The summed E-state index contributed by atoms with van der Waals surface area (Å²) in [6.07, 6.45) is 5.38. The summed E-state index contributed by atoms with van der Waals surface area (Å²) in [7, 11) is 0. The second-order valence-corrected chi connectivity index (χ2v) is 6.94. The SMILES string of the molecule is CCC(=O)N[C@H](CCSC)C(=O)Nc1nc(C2CC2)cs1. The molecule has 7 heteroatoms. The molecule has 5 nitrogen and oxygen atoms in total. The molecule has 0 saturated heterocycles. The number of hydrogen-bond acceptors (Lipinski definition) is 5. The van der Waals surface area contributed by atoms with Crippen molar-refractivity contribution in [2.24, 2.45) is 0 Å². The van der Waals surface area contributed by atoms with Crippen molar-refractivity contribution in [2.75, 3.05) is 17.3 Å². The molecule has 0 aliphatic heterocycles. The topological polar surface area (TPSA) is 71.1 Å². The van der Waals surface area contributed by atoms with Crippen molar-refractivity contribution in [3.05, 3.63) is 11.1 Å². The first-order valence-electron chi connectivity index (χ1n) is 7.18. The van der Waals surface area contributed by atoms with E-state index in [1.54, 1.807) is 18.7 Å². The molecule has 2 N–H and O–H groups in total. The molecule has 1 heterocycles. The van der Waals surface area contributed by atoms with Gasteiger partial charge < -0.3 is 10.6 Å². The lowest BCUT2D eigenvalue weighted by Crippen LogP contribution is -2.43. The number of hydrogen-bond donors (Lipinski definition) is 2. The van der Waals surface area contributed by atoms with Crippen LogP contribution in [0, 0.1) is 0 Å². The summed E-state index contributed by atoms with van der Waals surface area (Å²) < 4.78 is 0. The number of nitrogens with one attached hydrogen (secondary N) is 2. The quantitative estimate of drug-likeness (QED) is 0.770. The maximum Gasteiger partial charge on any atom is 0.248 e. The van der Waals surface area contributed by atoms with E-state index in [1.807, 2.05) is 11.6 Å². The van der Waals surface area contributed by atoms with Crippen molar-refractivity contribution in [1.82, 2.24) is 10.3 Å². The Morgan fingerprint density at radius 3 is 2.90 bits per heavy atom. The van der Waals surface area contributed by atoms with E-state index >= 15 is 0 Å². The van der Waals surface area contributed by atoms with E-state index in [-0.39, 0.29) is 11.8 Å². The third-order valence-corrected chi connectivity index (χ3v) is 4.75. The molecule has 0 aromatic carbocycles. The fourth-order valence-electron chi connectivity index (χ4n) is 1.90. The molecule has 1 saturated carbocycles. The zero-order valence-corrected chi connectivity index (χ0v) is 14.0. The molecule has 0 bridgehead atoms. The van der Waals surface area contributed by atoms with Gasteiger partial charge in [-0.3, -0.25) is 9.59 Å². The number of thiazole rings is 1. The van der Waals surface area contributed by atoms with Gasteiger partial charge in [0.05, 0.1) is 5.69 Å². The number of nitrogens with zero attached hydrogens (tertiary/aromatic N) is 1. The van der Waals surface area contributed by atoms with E-state index in [4.69, 9.17) is 0 Å². The molecule has 0 spiro atoms. The normalized spacial score (nSPS) is 15.5. The van der Waals surface area contributed by atoms with Gasteiger partial charge >= 0.3 is 0 Å². The van der Waals surface area contributed by atoms with Crippen LogP contribution in [0.2, 0.25) is 0 Å². The van der Waals surface area contributed by atoms with Crippen molar-refractivity contribution in [3.63, 3.8) is 0 Å². The lowest BCUT2D eigenvalue weighted by molar-refractivity contribution is -0.126. The molecule has 21 heavy (non-hydrogen) atoms. The Kier molecular flexibility index (Phi) is 6.05. The molecule has 2 amide bonds. The van der Waals surface area contributed by atoms with Gasteiger partial charge in [-0.25, -0.2) is 4.98 Å². The fourth-order valence-corrected chi connectivity index (χ4v) is 3.17. The Bertz CT molecular complexity index is 500. The van der Waals surface area contributed by atoms with E-state index in [2.05, 4.69) is 15.6 Å². The van der Waals surface area contributed by atoms with Gasteiger partial charge in [-0.2, -0.15) is 11.8 Å². The van der Waals surface area contributed by atoms with E-state index < -0.39 is 6.04 Å². The Hall–Kier alpha value is -1.08. The highest BCUT2D eigenvalue weighted by Crippen LogP contribution is 2.40. The molecule has 1 fully saturated rings. The Morgan fingerprint density at radius 2 is 2.29 bits per heavy atom. The first-order valence-corrected chi connectivity index (χ1v) is 9.46. The molecule has 0 radical (unpaired) electrons. The maximum absolute atomic E-state index is 12.3. The summed E-state index contributed by atoms with van der Waals surface area (Å²) in [4.78, 5) is 28.3. The van der Waals surface area contributed by atoms with Crippen molar-refractivity contribution in [2.45, 2.75) is 44.6 Å². The molecule has 1 aliphatic rings. The fraction of sp³-hybridized carbons (Fsp3) is 0.643. The molecule has 0 unspecified atom stereocenters. The summed E-state index contributed by atoms with van der Waals surface area (Å²) in [5, 5.41) is 8.24. The Labute approximate surface area is 133 Å². The highest BCUT2D eigenvalue weighted by Gasteiger charge is 2.27. The monoisotopic (exact) mass is 327 g/mol. The molecular weight excluding hydrogens is 306 g/mol. The van der Waals surface area contributed by atoms with Gasteiger partial charge in [0, 0.05) is 17.7 Å². The zero-order chi connectivity index (χ0) is 15.2. The predicted molar refractivity (Wildman–Crippen MR) is 87.9 cm³/mol. The summed E-state index contributed by atoms with van der Waals surface area (Å²) in [5.41, 5.74) is 1.08. The van der Waals surface area contributed by atoms with E-state index in [0.29, 0.717) is 23.9 Å². The minimum atomic E-state index is -0.488. The summed E-state index contributed by atoms with van der Waals surface area (Å²) in [6.45, 7) is 1.78. The third kappa shape index (κ3) is 5.00. The first kappa shape index (κ1) is 16.3. The van der Waals surface area contributed by atoms with Crippen LogP contribution in [0.25, 0.3) is 0 Å². The van der Waals surface area contributed by atoms with E-state index in [0.717, 1.165) is 11.4 Å². The van der Waals surface area contributed by atoms with E-state index in [1.165, 1.54) is 24.2 Å². The Balaban J connectivity index is 1.93. The molecule has 116 valence electrons. The molecule has 1 atom stereocenters. The molecule has 1 aliphatic carbocycles. The Morgan fingerprint density at radius 1 is 1.52 bits per heavy atom. The zero-order valence-electron chi connectivity index (χ0n) is 12.3. The van der Waals surface area contributed by atoms with Crippen LogP contribution in [-0.4, -0.2) is 34.8 Å². The van der Waals surface area contributed by atoms with Crippen molar-refractivity contribution in [3.8, 4) is 0 Å². The van der Waals surface area contributed by atoms with Gasteiger partial charge in [0.2, 0.25) is 11.8 Å². The minimum Gasteiger partial charge on any atom is -0.344 e. The largest absolute Gasteiger partial charge is 0.344 e. The van der Waals surface area contributed by atoms with Crippen LogP contribution in [0.3, 0.4) is 0 Å². The summed E-state index contributed by atoms with van der Waals surface area (Å²) >= 11 is 3.11.